The SMILES string of the molecule is CC(C)S(=O)(=O)Nc1ccc(S(=O)(=O)N2CCCNCC2)cc1F.Cl. The van der Waals surface area contributed by atoms with Crippen molar-refractivity contribution < 1.29 is 21.2 Å². The highest BCUT2D eigenvalue weighted by Crippen LogP contribution is 2.23. The zero-order chi connectivity index (χ0) is 18.0. The molecule has 1 heterocycles. The molecule has 0 atom stereocenters. The van der Waals surface area contributed by atoms with Gasteiger partial charge >= 0.3 is 0 Å². The van der Waals surface area contributed by atoms with E-state index in [1.165, 1.54) is 24.2 Å². The van der Waals surface area contributed by atoms with Gasteiger partial charge in [0.2, 0.25) is 20.0 Å². The normalized spacial score (nSPS) is 17.0. The molecule has 0 aromatic heterocycles. The Hall–Kier alpha value is -0.940. The third kappa shape index (κ3) is 5.27. The Labute approximate surface area is 154 Å². The number of nitrogens with one attached hydrogen (secondary N) is 2. The van der Waals surface area contributed by atoms with Gasteiger partial charge in [-0.1, -0.05) is 0 Å². The Balaban J connectivity index is 0.00000312. The average molecular weight is 416 g/mol. The summed E-state index contributed by atoms with van der Waals surface area (Å²) < 4.78 is 66.4. The zero-order valence-corrected chi connectivity index (χ0v) is 16.5. The number of hydrogen-bond acceptors (Lipinski definition) is 5. The molecule has 0 amide bonds. The van der Waals surface area contributed by atoms with Gasteiger partial charge in [-0.2, -0.15) is 4.31 Å². The molecule has 0 radical (unpaired) electrons. The molecule has 7 nitrogen and oxygen atoms in total. The monoisotopic (exact) mass is 415 g/mol. The molecule has 0 aliphatic carbocycles. The maximum atomic E-state index is 14.2. The van der Waals surface area contributed by atoms with Crippen LogP contribution in [0.5, 0.6) is 0 Å². The molecule has 1 aliphatic rings. The summed E-state index contributed by atoms with van der Waals surface area (Å²) in [6.45, 7) is 4.87. The Morgan fingerprint density at radius 3 is 2.44 bits per heavy atom. The maximum Gasteiger partial charge on any atom is 0.243 e. The number of sulfonamides is 2. The van der Waals surface area contributed by atoms with Crippen LogP contribution in [0.4, 0.5) is 10.1 Å². The molecule has 25 heavy (non-hydrogen) atoms. The summed E-state index contributed by atoms with van der Waals surface area (Å²) in [5.74, 6) is -0.923. The third-order valence-corrected chi connectivity index (χ3v) is 7.39. The minimum atomic E-state index is -3.81. The van der Waals surface area contributed by atoms with Gasteiger partial charge in [0.1, 0.15) is 5.82 Å². The van der Waals surface area contributed by atoms with Crippen molar-refractivity contribution in [3.63, 3.8) is 0 Å². The van der Waals surface area contributed by atoms with Gasteiger partial charge in [0.15, 0.2) is 0 Å². The first-order chi connectivity index (χ1) is 11.1. The van der Waals surface area contributed by atoms with Crippen molar-refractivity contribution in [2.45, 2.75) is 30.4 Å². The molecule has 1 aromatic rings. The van der Waals surface area contributed by atoms with E-state index in [0.29, 0.717) is 26.1 Å². The number of rotatable bonds is 5. The van der Waals surface area contributed by atoms with Crippen molar-refractivity contribution >= 4 is 38.1 Å². The first-order valence-corrected chi connectivity index (χ1v) is 10.7. The van der Waals surface area contributed by atoms with Crippen molar-refractivity contribution in [2.75, 3.05) is 30.9 Å². The lowest BCUT2D eigenvalue weighted by Gasteiger charge is -2.20. The van der Waals surface area contributed by atoms with Crippen LogP contribution in [0.15, 0.2) is 23.1 Å². The summed E-state index contributed by atoms with van der Waals surface area (Å²) in [6.07, 6.45) is 0.675. The third-order valence-electron chi connectivity index (χ3n) is 3.75. The van der Waals surface area contributed by atoms with Crippen LogP contribution in [0.25, 0.3) is 0 Å². The van der Waals surface area contributed by atoms with Crippen LogP contribution >= 0.6 is 12.4 Å². The maximum absolute atomic E-state index is 14.2. The summed E-state index contributed by atoms with van der Waals surface area (Å²) >= 11 is 0. The Kier molecular flexibility index (Phi) is 7.63. The summed E-state index contributed by atoms with van der Waals surface area (Å²) in [7, 11) is -7.51. The van der Waals surface area contributed by atoms with Crippen LogP contribution in [0, 0.1) is 5.82 Å². The molecular weight excluding hydrogens is 393 g/mol. The van der Waals surface area contributed by atoms with Crippen LogP contribution in [0.1, 0.15) is 20.3 Å². The van der Waals surface area contributed by atoms with E-state index in [-0.39, 0.29) is 23.0 Å². The Bertz CT molecular complexity index is 792. The van der Waals surface area contributed by atoms with Crippen LogP contribution in [-0.4, -0.2) is 52.6 Å². The fourth-order valence-electron chi connectivity index (χ4n) is 2.22. The van der Waals surface area contributed by atoms with Gasteiger partial charge in [0.25, 0.3) is 0 Å². The van der Waals surface area contributed by atoms with E-state index in [2.05, 4.69) is 10.0 Å². The second kappa shape index (κ2) is 8.63. The topological polar surface area (TPSA) is 95.6 Å². The Morgan fingerprint density at radius 1 is 1.16 bits per heavy atom. The van der Waals surface area contributed by atoms with E-state index in [9.17, 15) is 21.2 Å². The molecule has 1 saturated heterocycles. The van der Waals surface area contributed by atoms with Crippen molar-refractivity contribution in [1.29, 1.82) is 0 Å². The van der Waals surface area contributed by atoms with E-state index in [1.807, 2.05) is 0 Å². The molecule has 0 bridgehead atoms. The van der Waals surface area contributed by atoms with Crippen LogP contribution in [0.3, 0.4) is 0 Å². The minimum Gasteiger partial charge on any atom is -0.315 e. The second-order valence-electron chi connectivity index (χ2n) is 5.85. The first kappa shape index (κ1) is 22.1. The highest BCUT2D eigenvalue weighted by Gasteiger charge is 2.26. The summed E-state index contributed by atoms with van der Waals surface area (Å²) in [4.78, 5) is -0.186. The van der Waals surface area contributed by atoms with Gasteiger partial charge in [-0.05, 0) is 45.0 Å². The standard InChI is InChI=1S/C14H22FN3O4S2.ClH/c1-11(2)23(19,20)17-14-5-4-12(10-13(14)15)24(21,22)18-8-3-6-16-7-9-18;/h4-5,10-11,16-17H,3,6-9H2,1-2H3;1H. The fourth-order valence-corrected chi connectivity index (χ4v) is 4.42. The van der Waals surface area contributed by atoms with Gasteiger partial charge in [-0.25, -0.2) is 21.2 Å². The first-order valence-electron chi connectivity index (χ1n) is 7.66. The van der Waals surface area contributed by atoms with E-state index in [1.54, 1.807) is 0 Å². The van der Waals surface area contributed by atoms with Crippen LogP contribution in [0.2, 0.25) is 0 Å². The quantitative estimate of drug-likeness (QED) is 0.757. The zero-order valence-electron chi connectivity index (χ0n) is 14.0. The van der Waals surface area contributed by atoms with Crippen molar-refractivity contribution in [3.05, 3.63) is 24.0 Å². The fraction of sp³-hybridized carbons (Fsp3) is 0.571. The van der Waals surface area contributed by atoms with E-state index in [4.69, 9.17) is 0 Å². The number of nitrogens with zero attached hydrogens (tertiary/aromatic N) is 1. The lowest BCUT2D eigenvalue weighted by Crippen LogP contribution is -2.34. The van der Waals surface area contributed by atoms with E-state index >= 15 is 0 Å². The molecular formula is C14H23ClFN3O4S2. The number of anilines is 1. The molecule has 1 aromatic carbocycles. The van der Waals surface area contributed by atoms with Crippen molar-refractivity contribution in [1.82, 2.24) is 9.62 Å². The molecule has 0 spiro atoms. The summed E-state index contributed by atoms with van der Waals surface area (Å²) in [5, 5.41) is 2.37. The predicted molar refractivity (Wildman–Crippen MR) is 97.6 cm³/mol. The van der Waals surface area contributed by atoms with Gasteiger partial charge in [-0.15, -0.1) is 12.4 Å². The van der Waals surface area contributed by atoms with Gasteiger partial charge in [-0.3, -0.25) is 4.72 Å². The molecule has 144 valence electrons. The smallest absolute Gasteiger partial charge is 0.243 e. The molecule has 1 fully saturated rings. The van der Waals surface area contributed by atoms with Crippen LogP contribution < -0.4 is 10.0 Å². The average Bonchev–Trinajstić information content (AvgIpc) is 2.78. The lowest BCUT2D eigenvalue weighted by molar-refractivity contribution is 0.431. The highest BCUT2D eigenvalue weighted by atomic mass is 35.5. The molecule has 11 heteroatoms. The molecule has 2 rings (SSSR count). The van der Waals surface area contributed by atoms with Crippen molar-refractivity contribution in [2.24, 2.45) is 0 Å². The lowest BCUT2D eigenvalue weighted by atomic mass is 10.3. The molecule has 1 aliphatic heterocycles. The Morgan fingerprint density at radius 2 is 1.84 bits per heavy atom. The summed E-state index contributed by atoms with van der Waals surface area (Å²) in [6, 6.07) is 3.21. The van der Waals surface area contributed by atoms with Gasteiger partial charge < -0.3 is 5.32 Å². The largest absolute Gasteiger partial charge is 0.315 e. The van der Waals surface area contributed by atoms with E-state index in [0.717, 1.165) is 18.7 Å². The van der Waals surface area contributed by atoms with E-state index < -0.39 is 31.1 Å². The summed E-state index contributed by atoms with van der Waals surface area (Å²) in [5.41, 5.74) is -0.264. The second-order valence-corrected chi connectivity index (χ2v) is 10.0. The molecule has 2 N–H and O–H groups in total. The van der Waals surface area contributed by atoms with Crippen LogP contribution in [-0.2, 0) is 20.0 Å². The van der Waals surface area contributed by atoms with Gasteiger partial charge in [0, 0.05) is 19.6 Å². The number of halogens is 2. The number of hydrogen-bond donors (Lipinski definition) is 2. The highest BCUT2D eigenvalue weighted by molar-refractivity contribution is 7.93. The van der Waals surface area contributed by atoms with Gasteiger partial charge in [0.05, 0.1) is 15.8 Å². The molecule has 0 unspecified atom stereocenters. The van der Waals surface area contributed by atoms with Crippen molar-refractivity contribution in [3.8, 4) is 0 Å². The minimum absolute atomic E-state index is 0. The number of benzene rings is 1. The molecule has 0 saturated carbocycles. The predicted octanol–water partition coefficient (Wildman–Crippen LogP) is 1.38.